The quantitative estimate of drug-likeness (QED) is 0.376. The van der Waals surface area contributed by atoms with Crippen molar-refractivity contribution in [3.63, 3.8) is 0 Å². The van der Waals surface area contributed by atoms with Gasteiger partial charge in [-0.3, -0.25) is 14.2 Å². The second-order valence-corrected chi connectivity index (χ2v) is 15.2. The van der Waals surface area contributed by atoms with Crippen LogP contribution in [-0.4, -0.2) is 27.0 Å². The van der Waals surface area contributed by atoms with Gasteiger partial charge in [0.1, 0.15) is 12.1 Å². The van der Waals surface area contributed by atoms with Crippen LogP contribution in [0.4, 0.5) is 0 Å². The van der Waals surface area contributed by atoms with Gasteiger partial charge < -0.3 is 4.79 Å². The highest BCUT2D eigenvalue weighted by Gasteiger charge is 2.72. The number of carbonyl (C=O) groups is 3. The lowest BCUT2D eigenvalue weighted by Crippen LogP contribution is -2.68. The molecule has 6 rings (SSSR count). The summed E-state index contributed by atoms with van der Waals surface area (Å²) < 4.78 is 1.66. The molecule has 0 N–H and O–H groups in total. The molecule has 9 atom stereocenters. The van der Waals surface area contributed by atoms with E-state index in [1.165, 1.54) is 0 Å². The first-order valence-corrected chi connectivity index (χ1v) is 14.9. The van der Waals surface area contributed by atoms with E-state index in [9.17, 15) is 14.4 Å². The Balaban J connectivity index is 1.47. The average molecular weight is 530 g/mol. The molecule has 0 aliphatic heterocycles. The Morgan fingerprint density at radius 1 is 1.03 bits per heavy atom. The fraction of sp³-hybridized carbons (Fsp3) is 0.727. The molecule has 39 heavy (non-hydrogen) atoms. The van der Waals surface area contributed by atoms with E-state index >= 15 is 0 Å². The number of ketones is 2. The van der Waals surface area contributed by atoms with E-state index < -0.39 is 5.41 Å². The summed E-state index contributed by atoms with van der Waals surface area (Å²) in [5.74, 6) is 0.266. The standard InChI is InChI=1S/C33H43N3O3/c1-20-21-8-9-31(5)25(30(21,4)18-23(34-7)27(20)38)16-24(37)26-22-17-29(2,3)10-12-33(22,13-11-32(26,31)6)28(39)36-15-14-35-19-36/h14-15,18-22,25-26H,8-13,16-17H2,1-6H3/t20-,21-,22-,25+,26-,30-,31+,32+,33-/m0/s1. The molecule has 6 heteroatoms. The second kappa shape index (κ2) is 8.24. The predicted molar refractivity (Wildman–Crippen MR) is 148 cm³/mol. The van der Waals surface area contributed by atoms with Crippen molar-refractivity contribution in [1.82, 2.24) is 9.55 Å². The van der Waals surface area contributed by atoms with Crippen molar-refractivity contribution in [2.24, 2.45) is 56.7 Å². The molecular weight excluding hydrogens is 486 g/mol. The molecule has 0 amide bonds. The van der Waals surface area contributed by atoms with Crippen LogP contribution in [0.1, 0.15) is 97.7 Å². The van der Waals surface area contributed by atoms with Gasteiger partial charge in [-0.2, -0.15) is 0 Å². The van der Waals surface area contributed by atoms with Crippen LogP contribution in [0.25, 0.3) is 4.85 Å². The third-order valence-electron chi connectivity index (χ3n) is 13.3. The molecule has 5 aliphatic rings. The number of aromatic nitrogens is 2. The van der Waals surface area contributed by atoms with E-state index in [1.54, 1.807) is 23.3 Å². The first-order valence-electron chi connectivity index (χ1n) is 14.9. The van der Waals surface area contributed by atoms with E-state index in [0.717, 1.165) is 44.9 Å². The topological polar surface area (TPSA) is 73.4 Å². The zero-order valence-corrected chi connectivity index (χ0v) is 24.4. The Kier molecular flexibility index (Phi) is 5.63. The molecule has 6 nitrogen and oxygen atoms in total. The number of Topliss-reactive ketones (excluding diaryl/α,β-unsaturated/α-hetero) is 2. The van der Waals surface area contributed by atoms with E-state index in [1.807, 2.05) is 13.0 Å². The Labute approximate surface area is 232 Å². The maximum Gasteiger partial charge on any atom is 0.238 e. The summed E-state index contributed by atoms with van der Waals surface area (Å²) in [6.07, 6.45) is 13.7. The van der Waals surface area contributed by atoms with Gasteiger partial charge in [0.15, 0.2) is 5.78 Å². The fourth-order valence-electron chi connectivity index (χ4n) is 10.9. The van der Waals surface area contributed by atoms with Crippen molar-refractivity contribution in [1.29, 1.82) is 0 Å². The Hall–Kier alpha value is -2.55. The highest BCUT2D eigenvalue weighted by atomic mass is 16.2. The zero-order chi connectivity index (χ0) is 28.2. The molecule has 5 aliphatic carbocycles. The van der Waals surface area contributed by atoms with Gasteiger partial charge in [0.25, 0.3) is 0 Å². The molecule has 0 aromatic carbocycles. The van der Waals surface area contributed by atoms with Gasteiger partial charge in [-0.15, -0.1) is 0 Å². The van der Waals surface area contributed by atoms with E-state index in [-0.39, 0.29) is 68.6 Å². The first kappa shape index (κ1) is 26.7. The van der Waals surface area contributed by atoms with Gasteiger partial charge >= 0.3 is 0 Å². The van der Waals surface area contributed by atoms with Crippen molar-refractivity contribution >= 4 is 17.5 Å². The molecule has 4 saturated carbocycles. The third-order valence-corrected chi connectivity index (χ3v) is 13.3. The number of nitrogens with zero attached hydrogens (tertiary/aromatic N) is 3. The van der Waals surface area contributed by atoms with Crippen LogP contribution in [-0.2, 0) is 9.59 Å². The van der Waals surface area contributed by atoms with Crippen LogP contribution in [0.15, 0.2) is 30.5 Å². The number of hydrogen-bond donors (Lipinski definition) is 0. The van der Waals surface area contributed by atoms with Crippen molar-refractivity contribution < 1.29 is 14.4 Å². The number of hydrogen-bond acceptors (Lipinski definition) is 4. The molecule has 1 heterocycles. The van der Waals surface area contributed by atoms with Crippen molar-refractivity contribution in [3.8, 4) is 0 Å². The van der Waals surface area contributed by atoms with Gasteiger partial charge in [0.2, 0.25) is 11.6 Å². The van der Waals surface area contributed by atoms with Crippen molar-refractivity contribution in [2.45, 2.75) is 92.9 Å². The van der Waals surface area contributed by atoms with Crippen LogP contribution in [0.2, 0.25) is 0 Å². The fourth-order valence-corrected chi connectivity index (χ4v) is 10.9. The summed E-state index contributed by atoms with van der Waals surface area (Å²) in [4.78, 5) is 49.6. The first-order chi connectivity index (χ1) is 18.2. The highest BCUT2D eigenvalue weighted by molar-refractivity contribution is 6.00. The normalized spacial score (nSPS) is 46.6. The van der Waals surface area contributed by atoms with Gasteiger partial charge in [-0.1, -0.05) is 47.6 Å². The largest absolute Gasteiger partial charge is 0.308 e. The lowest BCUT2D eigenvalue weighted by molar-refractivity contribution is -0.213. The van der Waals surface area contributed by atoms with Gasteiger partial charge in [-0.05, 0) is 84.4 Å². The third kappa shape index (κ3) is 3.31. The minimum Gasteiger partial charge on any atom is -0.308 e. The summed E-state index contributed by atoms with van der Waals surface area (Å²) >= 11 is 0. The molecular formula is C33H43N3O3. The van der Waals surface area contributed by atoms with Crippen LogP contribution < -0.4 is 0 Å². The molecule has 0 saturated heterocycles. The van der Waals surface area contributed by atoms with Gasteiger partial charge in [-0.25, -0.2) is 9.83 Å². The lowest BCUT2D eigenvalue weighted by Gasteiger charge is -2.71. The number of rotatable bonds is 1. The van der Waals surface area contributed by atoms with Crippen molar-refractivity contribution in [3.05, 3.63) is 41.9 Å². The molecule has 0 unspecified atom stereocenters. The summed E-state index contributed by atoms with van der Waals surface area (Å²) in [5.41, 5.74) is -0.926. The molecule has 1 aromatic rings. The number of carbonyl (C=O) groups excluding carboxylic acids is 3. The molecule has 1 aromatic heterocycles. The van der Waals surface area contributed by atoms with Crippen molar-refractivity contribution in [2.75, 3.05) is 0 Å². The molecule has 208 valence electrons. The molecule has 0 bridgehead atoms. The predicted octanol–water partition coefficient (Wildman–Crippen LogP) is 6.79. The Morgan fingerprint density at radius 2 is 1.74 bits per heavy atom. The molecule has 0 radical (unpaired) electrons. The van der Waals surface area contributed by atoms with Crippen LogP contribution in [0.3, 0.4) is 0 Å². The van der Waals surface area contributed by atoms with Gasteiger partial charge in [0, 0.05) is 30.7 Å². The summed E-state index contributed by atoms with van der Waals surface area (Å²) in [5, 5.41) is 0. The summed E-state index contributed by atoms with van der Waals surface area (Å²) in [6, 6.07) is 0. The average Bonchev–Trinajstić information content (AvgIpc) is 3.42. The van der Waals surface area contributed by atoms with E-state index in [4.69, 9.17) is 6.57 Å². The van der Waals surface area contributed by atoms with Crippen LogP contribution >= 0.6 is 0 Å². The molecule has 4 fully saturated rings. The molecule has 0 spiro atoms. The lowest BCUT2D eigenvalue weighted by atomic mass is 9.32. The SMILES string of the molecule is [C-]#[N+]C1=C[C@]2(C)[C@H]3CC(=O)[C@@H]4[C@@H]5CC(C)(C)CC[C@]5(C(=O)n5ccnc5)CC[C@@]4(C)[C@]3(C)CC[C@H]2[C@H](C)C1=O. The summed E-state index contributed by atoms with van der Waals surface area (Å²) in [7, 11) is 0. The maximum absolute atomic E-state index is 14.6. The minimum absolute atomic E-state index is 0.00640. The number of imidazole rings is 1. The zero-order valence-electron chi connectivity index (χ0n) is 24.4. The van der Waals surface area contributed by atoms with Crippen LogP contribution in [0.5, 0.6) is 0 Å². The Bertz CT molecular complexity index is 1320. The smallest absolute Gasteiger partial charge is 0.238 e. The minimum atomic E-state index is -0.538. The highest BCUT2D eigenvalue weighted by Crippen LogP contribution is 2.75. The Morgan fingerprint density at radius 3 is 2.41 bits per heavy atom. The number of allylic oxidation sites excluding steroid dienone is 2. The maximum atomic E-state index is 14.6. The van der Waals surface area contributed by atoms with E-state index in [2.05, 4.69) is 44.4 Å². The second-order valence-electron chi connectivity index (χ2n) is 15.2. The van der Waals surface area contributed by atoms with Gasteiger partial charge in [0.05, 0.1) is 12.0 Å². The van der Waals surface area contributed by atoms with Crippen LogP contribution in [0, 0.1) is 63.2 Å². The van der Waals surface area contributed by atoms with E-state index in [0.29, 0.717) is 12.2 Å². The number of fused-ring (bicyclic) bond motifs is 7. The monoisotopic (exact) mass is 529 g/mol. The summed E-state index contributed by atoms with van der Waals surface area (Å²) in [6.45, 7) is 21.3.